The monoisotopic (exact) mass is 277 g/mol. The number of halogens is 1. The average molecular weight is 278 g/mol. The Bertz CT molecular complexity index is 557. The molecule has 3 rings (SSSR count). The molecule has 0 spiro atoms. The first kappa shape index (κ1) is 12.2. The molecule has 0 radical (unpaired) electrons. The minimum Gasteiger partial charge on any atom is -0.310 e. The molecule has 1 heterocycles. The van der Waals surface area contributed by atoms with Crippen molar-refractivity contribution in [3.63, 3.8) is 0 Å². The highest BCUT2D eigenvalue weighted by atomic mass is 35.5. The van der Waals surface area contributed by atoms with Gasteiger partial charge in [-0.2, -0.15) is 0 Å². The van der Waals surface area contributed by atoms with Crippen LogP contribution in [-0.2, 0) is 6.54 Å². The van der Waals surface area contributed by atoms with E-state index in [2.05, 4.69) is 30.4 Å². The van der Waals surface area contributed by atoms with Crippen molar-refractivity contribution in [2.24, 2.45) is 0 Å². The fraction of sp³-hybridized carbons (Fsp3) is 0.333. The molecule has 1 saturated carbocycles. The van der Waals surface area contributed by atoms with E-state index in [1.165, 1.54) is 34.4 Å². The summed E-state index contributed by atoms with van der Waals surface area (Å²) < 4.78 is 0. The van der Waals surface area contributed by atoms with Gasteiger partial charge in [0.1, 0.15) is 0 Å². The first-order chi connectivity index (χ1) is 8.74. The second-order valence-corrected chi connectivity index (χ2v) is 6.23. The molecule has 1 nitrogen and oxygen atoms in total. The topological polar surface area (TPSA) is 12.0 Å². The van der Waals surface area contributed by atoms with Crippen LogP contribution in [0.3, 0.4) is 0 Å². The van der Waals surface area contributed by atoms with Crippen molar-refractivity contribution in [2.75, 3.05) is 0 Å². The Morgan fingerprint density at radius 2 is 2.17 bits per heavy atom. The van der Waals surface area contributed by atoms with Crippen LogP contribution in [0.2, 0.25) is 5.02 Å². The van der Waals surface area contributed by atoms with E-state index in [1.807, 2.05) is 11.4 Å². The lowest BCUT2D eigenvalue weighted by atomic mass is 10.0. The predicted octanol–water partition coefficient (Wildman–Crippen LogP) is 4.63. The van der Waals surface area contributed by atoms with Crippen LogP contribution in [0.5, 0.6) is 0 Å². The maximum Gasteiger partial charge on any atom is 0.0592 e. The second kappa shape index (κ2) is 5.04. The van der Waals surface area contributed by atoms with E-state index in [4.69, 9.17) is 11.6 Å². The lowest BCUT2D eigenvalue weighted by molar-refractivity contribution is 0.688. The van der Waals surface area contributed by atoms with Crippen LogP contribution < -0.4 is 5.32 Å². The maximum absolute atomic E-state index is 6.23. The summed E-state index contributed by atoms with van der Waals surface area (Å²) in [6.45, 7) is 3.10. The smallest absolute Gasteiger partial charge is 0.0592 e. The largest absolute Gasteiger partial charge is 0.310 e. The molecule has 2 aromatic rings. The molecule has 0 amide bonds. The fourth-order valence-corrected chi connectivity index (χ4v) is 3.30. The number of thiophene rings is 1. The molecular formula is C15H16ClNS. The number of nitrogens with one attached hydrogen (secondary N) is 1. The van der Waals surface area contributed by atoms with Crippen LogP contribution in [0.4, 0.5) is 0 Å². The zero-order valence-electron chi connectivity index (χ0n) is 10.4. The zero-order chi connectivity index (χ0) is 12.5. The molecule has 1 aromatic heterocycles. The summed E-state index contributed by atoms with van der Waals surface area (Å²) in [5.74, 6) is 0. The molecule has 94 valence electrons. The van der Waals surface area contributed by atoms with Crippen LogP contribution in [0.25, 0.3) is 10.4 Å². The Balaban J connectivity index is 1.87. The summed E-state index contributed by atoms with van der Waals surface area (Å²) in [4.78, 5) is 1.18. The third kappa shape index (κ3) is 2.61. The van der Waals surface area contributed by atoms with Crippen molar-refractivity contribution in [1.29, 1.82) is 0 Å². The van der Waals surface area contributed by atoms with Crippen molar-refractivity contribution >= 4 is 22.9 Å². The predicted molar refractivity (Wildman–Crippen MR) is 79.4 cm³/mol. The van der Waals surface area contributed by atoms with E-state index in [9.17, 15) is 0 Å². The number of benzene rings is 1. The van der Waals surface area contributed by atoms with Crippen molar-refractivity contribution in [1.82, 2.24) is 5.32 Å². The van der Waals surface area contributed by atoms with Gasteiger partial charge in [0.25, 0.3) is 0 Å². The molecule has 0 saturated heterocycles. The molecule has 3 heteroatoms. The summed E-state index contributed by atoms with van der Waals surface area (Å²) in [6, 6.07) is 9.38. The van der Waals surface area contributed by atoms with E-state index in [-0.39, 0.29) is 0 Å². The molecule has 18 heavy (non-hydrogen) atoms. The molecule has 0 aliphatic heterocycles. The van der Waals surface area contributed by atoms with Crippen molar-refractivity contribution in [3.05, 3.63) is 45.8 Å². The molecular weight excluding hydrogens is 262 g/mol. The average Bonchev–Trinajstić information content (AvgIpc) is 3.10. The molecule has 0 bridgehead atoms. The minimum absolute atomic E-state index is 0.750. The first-order valence-corrected chi connectivity index (χ1v) is 7.56. The third-order valence-corrected chi connectivity index (χ3v) is 4.71. The molecule has 0 atom stereocenters. The highest BCUT2D eigenvalue weighted by Gasteiger charge is 2.20. The highest BCUT2D eigenvalue weighted by Crippen LogP contribution is 2.35. The van der Waals surface area contributed by atoms with Crippen molar-refractivity contribution < 1.29 is 0 Å². The number of aryl methyl sites for hydroxylation is 1. The quantitative estimate of drug-likeness (QED) is 0.859. The zero-order valence-corrected chi connectivity index (χ0v) is 11.9. The van der Waals surface area contributed by atoms with E-state index < -0.39 is 0 Å². The van der Waals surface area contributed by atoms with Crippen molar-refractivity contribution in [3.8, 4) is 10.4 Å². The number of hydrogen-bond donors (Lipinski definition) is 1. The van der Waals surface area contributed by atoms with Crippen LogP contribution in [-0.4, -0.2) is 6.04 Å². The summed E-state index contributed by atoms with van der Waals surface area (Å²) >= 11 is 7.94. The van der Waals surface area contributed by atoms with E-state index in [1.54, 1.807) is 11.3 Å². The Labute approximate surface area is 117 Å². The summed E-state index contributed by atoms with van der Waals surface area (Å²) in [6.07, 6.45) is 2.66. The Hall–Kier alpha value is -0.830. The van der Waals surface area contributed by atoms with Gasteiger partial charge in [0.15, 0.2) is 0 Å². The lowest BCUT2D eigenvalue weighted by Gasteiger charge is -2.09. The molecule has 0 unspecified atom stereocenters. The Morgan fingerprint density at radius 3 is 2.83 bits per heavy atom. The van der Waals surface area contributed by atoms with E-state index in [0.29, 0.717) is 0 Å². The molecule has 1 N–H and O–H groups in total. The highest BCUT2D eigenvalue weighted by molar-refractivity contribution is 7.14. The molecule has 1 fully saturated rings. The van der Waals surface area contributed by atoms with Gasteiger partial charge in [-0.15, -0.1) is 11.3 Å². The fourth-order valence-electron chi connectivity index (χ4n) is 2.06. The Kier molecular flexibility index (Phi) is 3.42. The number of rotatable bonds is 4. The lowest BCUT2D eigenvalue weighted by Crippen LogP contribution is -2.15. The van der Waals surface area contributed by atoms with Gasteiger partial charge >= 0.3 is 0 Å². The summed E-state index contributed by atoms with van der Waals surface area (Å²) in [5, 5.41) is 6.45. The summed E-state index contributed by atoms with van der Waals surface area (Å²) in [7, 11) is 0. The van der Waals surface area contributed by atoms with Crippen molar-refractivity contribution in [2.45, 2.75) is 32.4 Å². The van der Waals surface area contributed by atoms with Gasteiger partial charge in [-0.05, 0) is 54.0 Å². The molecule has 1 aromatic carbocycles. The number of hydrogen-bond acceptors (Lipinski definition) is 2. The van der Waals surface area contributed by atoms with Gasteiger partial charge in [0, 0.05) is 12.6 Å². The third-order valence-electron chi connectivity index (χ3n) is 3.34. The Morgan fingerprint density at radius 1 is 1.33 bits per heavy atom. The molecule has 1 aliphatic carbocycles. The first-order valence-electron chi connectivity index (χ1n) is 6.30. The van der Waals surface area contributed by atoms with Gasteiger partial charge in [-0.1, -0.05) is 23.7 Å². The normalized spacial score (nSPS) is 15.0. The van der Waals surface area contributed by atoms with Crippen LogP contribution in [0.1, 0.15) is 24.0 Å². The molecule has 1 aliphatic rings. The summed E-state index contributed by atoms with van der Waals surface area (Å²) in [5.41, 5.74) is 3.89. The van der Waals surface area contributed by atoms with Gasteiger partial charge in [0.05, 0.1) is 9.90 Å². The van der Waals surface area contributed by atoms with E-state index >= 15 is 0 Å². The van der Waals surface area contributed by atoms with Gasteiger partial charge in [-0.25, -0.2) is 0 Å². The van der Waals surface area contributed by atoms with Crippen LogP contribution >= 0.6 is 22.9 Å². The maximum atomic E-state index is 6.23. The van der Waals surface area contributed by atoms with Crippen LogP contribution in [0, 0.1) is 6.92 Å². The standard InChI is InChI=1S/C15H16ClNS/c1-10-2-3-11(9-17-12-4-5-12)8-13(10)15-14(16)6-7-18-15/h2-3,6-8,12,17H,4-5,9H2,1H3. The van der Waals surface area contributed by atoms with Crippen LogP contribution in [0.15, 0.2) is 29.6 Å². The van der Waals surface area contributed by atoms with Gasteiger partial charge in [-0.3, -0.25) is 0 Å². The SMILES string of the molecule is Cc1ccc(CNC2CC2)cc1-c1sccc1Cl. The van der Waals surface area contributed by atoms with Gasteiger partial charge in [0.2, 0.25) is 0 Å². The van der Waals surface area contributed by atoms with Gasteiger partial charge < -0.3 is 5.32 Å². The van der Waals surface area contributed by atoms with E-state index in [0.717, 1.165) is 17.6 Å². The minimum atomic E-state index is 0.750. The second-order valence-electron chi connectivity index (χ2n) is 4.90.